The Bertz CT molecular complexity index is 497. The third kappa shape index (κ3) is 2.72. The number of rotatable bonds is 3. The summed E-state index contributed by atoms with van der Waals surface area (Å²) in [5, 5.41) is 0. The Morgan fingerprint density at radius 2 is 1.63 bits per heavy atom. The molecule has 1 saturated carbocycles. The van der Waals surface area contributed by atoms with Crippen molar-refractivity contribution in [2.45, 2.75) is 19.8 Å². The van der Waals surface area contributed by atoms with E-state index in [0.29, 0.717) is 24.2 Å². The minimum absolute atomic E-state index is 0.0416. The molecule has 100 valence electrons. The molecule has 4 heteroatoms. The Labute approximate surface area is 111 Å². The number of Topliss-reactive ketones (excluding diaryl/α,β-unsaturated/α-hetero) is 3. The number of methoxy groups -OCH3 is 1. The molecule has 1 aromatic rings. The van der Waals surface area contributed by atoms with Gasteiger partial charge in [0.15, 0.2) is 17.3 Å². The van der Waals surface area contributed by atoms with E-state index < -0.39 is 11.7 Å². The molecule has 0 bridgehead atoms. The maximum atomic E-state index is 12.2. The Balaban J connectivity index is 2.22. The summed E-state index contributed by atoms with van der Waals surface area (Å²) in [6.45, 7) is 1.85. The van der Waals surface area contributed by atoms with Gasteiger partial charge in [0.2, 0.25) is 0 Å². The predicted molar refractivity (Wildman–Crippen MR) is 69.2 cm³/mol. The second-order valence-corrected chi connectivity index (χ2v) is 4.97. The number of benzene rings is 1. The molecular weight excluding hydrogens is 244 g/mol. The lowest BCUT2D eigenvalue weighted by Gasteiger charge is -2.22. The van der Waals surface area contributed by atoms with E-state index in [9.17, 15) is 14.4 Å². The first-order valence-corrected chi connectivity index (χ1v) is 6.26. The van der Waals surface area contributed by atoms with E-state index in [1.807, 2.05) is 6.92 Å². The number of ketones is 3. The van der Waals surface area contributed by atoms with Gasteiger partial charge in [-0.25, -0.2) is 0 Å². The van der Waals surface area contributed by atoms with Crippen LogP contribution in [0.1, 0.15) is 30.1 Å². The maximum absolute atomic E-state index is 12.2. The molecule has 1 aliphatic rings. The summed E-state index contributed by atoms with van der Waals surface area (Å²) in [7, 11) is 1.53. The number of hydrogen-bond acceptors (Lipinski definition) is 4. The molecule has 0 saturated heterocycles. The maximum Gasteiger partial charge on any atom is 0.180 e. The van der Waals surface area contributed by atoms with Crippen LogP contribution in [0.3, 0.4) is 0 Å². The largest absolute Gasteiger partial charge is 0.497 e. The van der Waals surface area contributed by atoms with E-state index in [0.717, 1.165) is 0 Å². The molecule has 0 aromatic heterocycles. The molecule has 0 radical (unpaired) electrons. The first-order valence-electron chi connectivity index (χ1n) is 6.26. The smallest absolute Gasteiger partial charge is 0.180 e. The minimum atomic E-state index is -1.11. The SMILES string of the molecule is COc1ccc(C(=O)C2C(=O)CC(C)CC2=O)cc1. The van der Waals surface area contributed by atoms with E-state index >= 15 is 0 Å². The molecule has 1 aliphatic carbocycles. The zero-order valence-corrected chi connectivity index (χ0v) is 11.0. The summed E-state index contributed by atoms with van der Waals surface area (Å²) >= 11 is 0. The van der Waals surface area contributed by atoms with Crippen LogP contribution in [-0.4, -0.2) is 24.5 Å². The average molecular weight is 260 g/mol. The summed E-state index contributed by atoms with van der Waals surface area (Å²) in [5.41, 5.74) is 0.377. The van der Waals surface area contributed by atoms with Gasteiger partial charge in [-0.3, -0.25) is 14.4 Å². The first-order chi connectivity index (χ1) is 9.02. The lowest BCUT2D eigenvalue weighted by Crippen LogP contribution is -2.38. The molecule has 4 nitrogen and oxygen atoms in total. The van der Waals surface area contributed by atoms with Crippen molar-refractivity contribution in [1.82, 2.24) is 0 Å². The van der Waals surface area contributed by atoms with E-state index in [1.54, 1.807) is 24.3 Å². The van der Waals surface area contributed by atoms with Gasteiger partial charge in [0.25, 0.3) is 0 Å². The first kappa shape index (κ1) is 13.5. The van der Waals surface area contributed by atoms with Gasteiger partial charge in [0.05, 0.1) is 7.11 Å². The van der Waals surface area contributed by atoms with E-state index in [4.69, 9.17) is 4.74 Å². The van der Waals surface area contributed by atoms with Crippen molar-refractivity contribution >= 4 is 17.3 Å². The van der Waals surface area contributed by atoms with Gasteiger partial charge >= 0.3 is 0 Å². The van der Waals surface area contributed by atoms with Crippen LogP contribution in [0.4, 0.5) is 0 Å². The summed E-state index contributed by atoms with van der Waals surface area (Å²) in [4.78, 5) is 36.0. The number of carbonyl (C=O) groups is 3. The number of ether oxygens (including phenoxy) is 1. The van der Waals surface area contributed by atoms with Crippen LogP contribution < -0.4 is 4.74 Å². The molecule has 0 unspecified atom stereocenters. The lowest BCUT2D eigenvalue weighted by atomic mass is 9.77. The molecule has 2 rings (SSSR count). The Kier molecular flexibility index (Phi) is 3.79. The Morgan fingerprint density at radius 3 is 2.11 bits per heavy atom. The average Bonchev–Trinajstić information content (AvgIpc) is 2.37. The minimum Gasteiger partial charge on any atom is -0.497 e. The van der Waals surface area contributed by atoms with Crippen molar-refractivity contribution in [3.8, 4) is 5.75 Å². The fourth-order valence-corrected chi connectivity index (χ4v) is 2.39. The zero-order valence-electron chi connectivity index (χ0n) is 11.0. The fourth-order valence-electron chi connectivity index (χ4n) is 2.39. The van der Waals surface area contributed by atoms with Crippen molar-refractivity contribution in [3.05, 3.63) is 29.8 Å². The van der Waals surface area contributed by atoms with Crippen LogP contribution in [0.25, 0.3) is 0 Å². The van der Waals surface area contributed by atoms with Crippen molar-refractivity contribution in [3.63, 3.8) is 0 Å². The van der Waals surface area contributed by atoms with Crippen LogP contribution in [0.2, 0.25) is 0 Å². The third-order valence-electron chi connectivity index (χ3n) is 3.38. The lowest BCUT2D eigenvalue weighted by molar-refractivity contribution is -0.134. The van der Waals surface area contributed by atoms with Crippen molar-refractivity contribution in [2.75, 3.05) is 7.11 Å². The summed E-state index contributed by atoms with van der Waals surface area (Å²) in [6, 6.07) is 6.46. The highest BCUT2D eigenvalue weighted by molar-refractivity contribution is 6.25. The fraction of sp³-hybridized carbons (Fsp3) is 0.400. The van der Waals surface area contributed by atoms with Crippen LogP contribution in [0.5, 0.6) is 5.75 Å². The van der Waals surface area contributed by atoms with Crippen molar-refractivity contribution in [2.24, 2.45) is 11.8 Å². The van der Waals surface area contributed by atoms with Gasteiger partial charge in [0, 0.05) is 18.4 Å². The third-order valence-corrected chi connectivity index (χ3v) is 3.38. The van der Waals surface area contributed by atoms with Crippen LogP contribution >= 0.6 is 0 Å². The predicted octanol–water partition coefficient (Wildman–Crippen LogP) is 2.06. The molecule has 0 spiro atoms. The Hall–Kier alpha value is -1.97. The summed E-state index contributed by atoms with van der Waals surface area (Å²) in [5.74, 6) is -1.35. The van der Waals surface area contributed by atoms with E-state index in [1.165, 1.54) is 7.11 Å². The molecule has 0 aliphatic heterocycles. The highest BCUT2D eigenvalue weighted by Gasteiger charge is 2.38. The standard InChI is InChI=1S/C15H16O4/c1-9-7-12(16)14(13(17)8-9)15(18)10-3-5-11(19-2)6-4-10/h3-6,9,14H,7-8H2,1-2H3. The molecule has 19 heavy (non-hydrogen) atoms. The van der Waals surface area contributed by atoms with Crippen LogP contribution in [-0.2, 0) is 9.59 Å². The normalized spacial score (nSPS) is 23.3. The van der Waals surface area contributed by atoms with Gasteiger partial charge in [-0.15, -0.1) is 0 Å². The summed E-state index contributed by atoms with van der Waals surface area (Å²) < 4.78 is 5.01. The molecule has 0 amide bonds. The van der Waals surface area contributed by atoms with Crippen LogP contribution in [0, 0.1) is 11.8 Å². The van der Waals surface area contributed by atoms with Crippen LogP contribution in [0.15, 0.2) is 24.3 Å². The molecule has 0 heterocycles. The molecule has 0 N–H and O–H groups in total. The van der Waals surface area contributed by atoms with Gasteiger partial charge in [-0.2, -0.15) is 0 Å². The summed E-state index contributed by atoms with van der Waals surface area (Å²) in [6.07, 6.45) is 0.608. The molecule has 1 fully saturated rings. The second-order valence-electron chi connectivity index (χ2n) is 4.97. The van der Waals surface area contributed by atoms with E-state index in [-0.39, 0.29) is 17.5 Å². The zero-order chi connectivity index (χ0) is 14.0. The Morgan fingerprint density at radius 1 is 1.11 bits per heavy atom. The van der Waals surface area contributed by atoms with Gasteiger partial charge < -0.3 is 4.74 Å². The van der Waals surface area contributed by atoms with Gasteiger partial charge in [-0.1, -0.05) is 6.92 Å². The second kappa shape index (κ2) is 5.34. The van der Waals surface area contributed by atoms with Crippen molar-refractivity contribution in [1.29, 1.82) is 0 Å². The topological polar surface area (TPSA) is 60.4 Å². The van der Waals surface area contributed by atoms with Gasteiger partial charge in [-0.05, 0) is 30.2 Å². The molecule has 0 atom stereocenters. The van der Waals surface area contributed by atoms with Crippen molar-refractivity contribution < 1.29 is 19.1 Å². The van der Waals surface area contributed by atoms with E-state index in [2.05, 4.69) is 0 Å². The molecular formula is C15H16O4. The monoisotopic (exact) mass is 260 g/mol. The van der Waals surface area contributed by atoms with Gasteiger partial charge in [0.1, 0.15) is 11.7 Å². The highest BCUT2D eigenvalue weighted by Crippen LogP contribution is 2.26. The highest BCUT2D eigenvalue weighted by atomic mass is 16.5. The quantitative estimate of drug-likeness (QED) is 0.616. The molecule has 1 aromatic carbocycles. The number of hydrogen-bond donors (Lipinski definition) is 0. The number of carbonyl (C=O) groups excluding carboxylic acids is 3.